The molecule has 7 heteroatoms. The van der Waals surface area contributed by atoms with Crippen LogP contribution in [-0.2, 0) is 0 Å². The van der Waals surface area contributed by atoms with Crippen LogP contribution in [0.15, 0.2) is 36.5 Å². The average molecular weight is 322 g/mol. The van der Waals surface area contributed by atoms with Crippen LogP contribution in [0, 0.1) is 11.3 Å². The zero-order chi connectivity index (χ0) is 15.2. The largest absolute Gasteiger partial charge is 0.477 e. The average Bonchev–Trinajstić information content (AvgIpc) is 2.48. The first kappa shape index (κ1) is 15.1. The minimum absolute atomic E-state index is 0.116. The minimum Gasteiger partial charge on any atom is -0.477 e. The van der Waals surface area contributed by atoms with E-state index in [0.717, 1.165) is 0 Å². The maximum atomic E-state index is 12.2. The summed E-state index contributed by atoms with van der Waals surface area (Å²) in [5.41, 5.74) is 0.633. The van der Waals surface area contributed by atoms with Crippen molar-refractivity contribution in [1.82, 2.24) is 4.98 Å². The van der Waals surface area contributed by atoms with Gasteiger partial charge in [0.25, 0.3) is 5.91 Å². The topological polar surface area (TPSA) is 75.0 Å². The Bertz CT molecular complexity index is 714. The number of anilines is 1. The van der Waals surface area contributed by atoms with Crippen LogP contribution in [0.5, 0.6) is 5.75 Å². The Labute approximate surface area is 131 Å². The Kier molecular flexibility index (Phi) is 4.99. The van der Waals surface area contributed by atoms with Gasteiger partial charge in [0.2, 0.25) is 0 Å². The van der Waals surface area contributed by atoms with Gasteiger partial charge < -0.3 is 10.1 Å². The van der Waals surface area contributed by atoms with E-state index in [9.17, 15) is 4.79 Å². The quantitative estimate of drug-likeness (QED) is 0.874. The molecule has 0 aliphatic rings. The maximum absolute atomic E-state index is 12.2. The highest BCUT2D eigenvalue weighted by molar-refractivity contribution is 6.35. The molecular weight excluding hydrogens is 313 g/mol. The van der Waals surface area contributed by atoms with E-state index < -0.39 is 5.91 Å². The summed E-state index contributed by atoms with van der Waals surface area (Å²) in [5, 5.41) is 11.6. The van der Waals surface area contributed by atoms with Crippen LogP contribution in [0.3, 0.4) is 0 Å². The van der Waals surface area contributed by atoms with Crippen molar-refractivity contribution in [1.29, 1.82) is 5.26 Å². The number of hydrogen-bond acceptors (Lipinski definition) is 4. The number of nitriles is 1. The van der Waals surface area contributed by atoms with Gasteiger partial charge in [-0.15, -0.1) is 0 Å². The summed E-state index contributed by atoms with van der Waals surface area (Å²) in [5.74, 6) is -0.0546. The van der Waals surface area contributed by atoms with Crippen molar-refractivity contribution in [3.05, 3.63) is 52.3 Å². The van der Waals surface area contributed by atoms with E-state index in [4.69, 9.17) is 33.2 Å². The second kappa shape index (κ2) is 6.93. The molecule has 2 aromatic rings. The first-order valence-corrected chi connectivity index (χ1v) is 6.58. The monoisotopic (exact) mass is 321 g/mol. The molecule has 0 spiro atoms. The van der Waals surface area contributed by atoms with Crippen molar-refractivity contribution in [3.63, 3.8) is 0 Å². The first-order chi connectivity index (χ1) is 10.1. The van der Waals surface area contributed by atoms with E-state index >= 15 is 0 Å². The fourth-order valence-electron chi connectivity index (χ4n) is 1.58. The lowest BCUT2D eigenvalue weighted by atomic mass is 10.2. The predicted octanol–water partition coefficient (Wildman–Crippen LogP) is 3.54. The normalized spacial score (nSPS) is 9.76. The number of carbonyl (C=O) groups is 1. The van der Waals surface area contributed by atoms with Crippen molar-refractivity contribution in [2.45, 2.75) is 0 Å². The molecule has 1 aromatic heterocycles. The number of rotatable bonds is 4. The molecule has 21 heavy (non-hydrogen) atoms. The molecule has 5 nitrogen and oxygen atoms in total. The molecule has 0 saturated heterocycles. The SMILES string of the molecule is N#CCOc1ccccc1NC(=O)c1cc(Cl)ncc1Cl. The van der Waals surface area contributed by atoms with E-state index in [2.05, 4.69) is 10.3 Å². The zero-order valence-electron chi connectivity index (χ0n) is 10.6. The van der Waals surface area contributed by atoms with Crippen LogP contribution in [0.4, 0.5) is 5.69 Å². The number of halogens is 2. The van der Waals surface area contributed by atoms with E-state index in [1.54, 1.807) is 24.3 Å². The number of nitrogens with one attached hydrogen (secondary N) is 1. The molecular formula is C14H9Cl2N3O2. The molecule has 106 valence electrons. The van der Waals surface area contributed by atoms with Crippen molar-refractivity contribution in [2.75, 3.05) is 11.9 Å². The molecule has 0 aliphatic carbocycles. The van der Waals surface area contributed by atoms with Gasteiger partial charge in [0.05, 0.1) is 16.3 Å². The number of pyridine rings is 1. The zero-order valence-corrected chi connectivity index (χ0v) is 12.1. The van der Waals surface area contributed by atoms with Crippen molar-refractivity contribution in [3.8, 4) is 11.8 Å². The van der Waals surface area contributed by atoms with Gasteiger partial charge in [0, 0.05) is 6.20 Å². The van der Waals surface area contributed by atoms with Gasteiger partial charge in [-0.2, -0.15) is 5.26 Å². The summed E-state index contributed by atoms with van der Waals surface area (Å²) in [6.07, 6.45) is 1.30. The molecule has 0 saturated carbocycles. The summed E-state index contributed by atoms with van der Waals surface area (Å²) in [6.45, 7) is -0.116. The number of benzene rings is 1. The van der Waals surface area contributed by atoms with E-state index in [1.165, 1.54) is 12.3 Å². The van der Waals surface area contributed by atoms with Crippen molar-refractivity contribution >= 4 is 34.8 Å². The molecule has 0 bridgehead atoms. The third-order valence-electron chi connectivity index (χ3n) is 2.49. The van der Waals surface area contributed by atoms with Gasteiger partial charge in [0.1, 0.15) is 17.0 Å². The molecule has 0 aliphatic heterocycles. The fraction of sp³-hybridized carbons (Fsp3) is 0.0714. The number of carbonyl (C=O) groups excluding carboxylic acids is 1. The summed E-state index contributed by atoms with van der Waals surface area (Å²) >= 11 is 11.7. The van der Waals surface area contributed by atoms with E-state index in [-0.39, 0.29) is 22.3 Å². The molecule has 0 atom stereocenters. The van der Waals surface area contributed by atoms with Gasteiger partial charge in [-0.1, -0.05) is 35.3 Å². The van der Waals surface area contributed by atoms with E-state index in [0.29, 0.717) is 11.4 Å². The number of hydrogen-bond donors (Lipinski definition) is 1. The molecule has 1 N–H and O–H groups in total. The fourth-order valence-corrected chi connectivity index (χ4v) is 1.93. The van der Waals surface area contributed by atoms with Crippen LogP contribution < -0.4 is 10.1 Å². The van der Waals surface area contributed by atoms with Gasteiger partial charge >= 0.3 is 0 Å². The first-order valence-electron chi connectivity index (χ1n) is 5.83. The van der Waals surface area contributed by atoms with Gasteiger partial charge in [-0.3, -0.25) is 4.79 Å². The summed E-state index contributed by atoms with van der Waals surface area (Å²) in [7, 11) is 0. The maximum Gasteiger partial charge on any atom is 0.257 e. The minimum atomic E-state index is -0.447. The highest BCUT2D eigenvalue weighted by atomic mass is 35.5. The Morgan fingerprint density at radius 3 is 2.90 bits per heavy atom. The standard InChI is InChI=1S/C14H9Cl2N3O2/c15-10-8-18-13(16)7-9(10)14(20)19-11-3-1-2-4-12(11)21-6-5-17/h1-4,7-8H,6H2,(H,19,20). The highest BCUT2D eigenvalue weighted by Gasteiger charge is 2.14. The van der Waals surface area contributed by atoms with Crippen LogP contribution in [0.2, 0.25) is 10.2 Å². The molecule has 0 unspecified atom stereocenters. The molecule has 2 rings (SSSR count). The number of amides is 1. The lowest BCUT2D eigenvalue weighted by Crippen LogP contribution is -2.13. The van der Waals surface area contributed by atoms with Crippen molar-refractivity contribution in [2.24, 2.45) is 0 Å². The summed E-state index contributed by atoms with van der Waals surface area (Å²) in [6, 6.07) is 10.0. The van der Waals surface area contributed by atoms with Crippen LogP contribution >= 0.6 is 23.2 Å². The second-order valence-corrected chi connectivity index (χ2v) is 4.68. The number of ether oxygens (including phenoxy) is 1. The molecule has 0 radical (unpaired) electrons. The Hall–Kier alpha value is -2.29. The van der Waals surface area contributed by atoms with Crippen LogP contribution in [-0.4, -0.2) is 17.5 Å². The number of aromatic nitrogens is 1. The molecule has 1 amide bonds. The van der Waals surface area contributed by atoms with E-state index in [1.807, 2.05) is 6.07 Å². The molecule has 0 fully saturated rings. The van der Waals surface area contributed by atoms with Gasteiger partial charge in [0.15, 0.2) is 6.61 Å². The smallest absolute Gasteiger partial charge is 0.257 e. The molecule has 1 heterocycles. The Morgan fingerprint density at radius 2 is 2.14 bits per heavy atom. The third-order valence-corrected chi connectivity index (χ3v) is 3.00. The van der Waals surface area contributed by atoms with Crippen LogP contribution in [0.25, 0.3) is 0 Å². The number of nitrogens with zero attached hydrogens (tertiary/aromatic N) is 2. The third kappa shape index (κ3) is 3.85. The number of para-hydroxylation sites is 2. The summed E-state index contributed by atoms with van der Waals surface area (Å²) < 4.78 is 5.23. The van der Waals surface area contributed by atoms with Crippen LogP contribution in [0.1, 0.15) is 10.4 Å². The lowest BCUT2D eigenvalue weighted by molar-refractivity contribution is 0.102. The Morgan fingerprint density at radius 1 is 1.38 bits per heavy atom. The second-order valence-electron chi connectivity index (χ2n) is 3.88. The van der Waals surface area contributed by atoms with Gasteiger partial charge in [-0.05, 0) is 18.2 Å². The van der Waals surface area contributed by atoms with Gasteiger partial charge in [-0.25, -0.2) is 4.98 Å². The highest BCUT2D eigenvalue weighted by Crippen LogP contribution is 2.26. The molecule has 1 aromatic carbocycles. The lowest BCUT2D eigenvalue weighted by Gasteiger charge is -2.11. The summed E-state index contributed by atoms with van der Waals surface area (Å²) in [4.78, 5) is 16.0. The van der Waals surface area contributed by atoms with Crippen molar-refractivity contribution < 1.29 is 9.53 Å². The Balaban J connectivity index is 2.24. The predicted molar refractivity (Wildman–Crippen MR) is 79.8 cm³/mol.